The van der Waals surface area contributed by atoms with Gasteiger partial charge in [-0.15, -0.1) is 0 Å². The molecular weight excluding hydrogens is 150 g/mol. The van der Waals surface area contributed by atoms with E-state index in [1.807, 2.05) is 6.20 Å². The third kappa shape index (κ3) is 1.85. The van der Waals surface area contributed by atoms with Crippen LogP contribution in [0.2, 0.25) is 0 Å². The van der Waals surface area contributed by atoms with Crippen molar-refractivity contribution in [2.75, 3.05) is 6.54 Å². The Morgan fingerprint density at radius 3 is 2.58 bits per heavy atom. The Morgan fingerprint density at radius 2 is 2.17 bits per heavy atom. The lowest BCUT2D eigenvalue weighted by molar-refractivity contribution is 0.716. The molecule has 0 amide bonds. The maximum atomic E-state index is 5.53. The van der Waals surface area contributed by atoms with Crippen molar-refractivity contribution in [1.29, 1.82) is 0 Å². The molecule has 0 aliphatic heterocycles. The van der Waals surface area contributed by atoms with Gasteiger partial charge in [0.2, 0.25) is 0 Å². The molecule has 3 N–H and O–H groups in total. The zero-order chi connectivity index (χ0) is 9.14. The van der Waals surface area contributed by atoms with Crippen LogP contribution < -0.4 is 5.73 Å². The normalized spacial score (nSPS) is 13.8. The van der Waals surface area contributed by atoms with Crippen LogP contribution in [0.15, 0.2) is 6.20 Å². The number of nitrogens with one attached hydrogen (secondary N) is 1. The summed E-state index contributed by atoms with van der Waals surface area (Å²) in [4.78, 5) is 7.54. The number of nitrogens with two attached hydrogens (primary N) is 1. The van der Waals surface area contributed by atoms with Gasteiger partial charge in [-0.3, -0.25) is 0 Å². The highest BCUT2D eigenvalue weighted by Crippen LogP contribution is 2.15. The molecule has 3 nitrogen and oxygen atoms in total. The summed E-state index contributed by atoms with van der Waals surface area (Å²) in [6.45, 7) is 7.00. The number of aromatic amines is 1. The minimum Gasteiger partial charge on any atom is -0.345 e. The molecule has 1 aromatic heterocycles. The molecule has 0 aliphatic carbocycles. The average molecular weight is 167 g/mol. The van der Waals surface area contributed by atoms with Gasteiger partial charge in [-0.25, -0.2) is 4.98 Å². The summed E-state index contributed by atoms with van der Waals surface area (Å²) in [5.41, 5.74) is 6.71. The Labute approximate surface area is 73.4 Å². The summed E-state index contributed by atoms with van der Waals surface area (Å²) >= 11 is 0. The summed E-state index contributed by atoms with van der Waals surface area (Å²) in [7, 11) is 0. The van der Waals surface area contributed by atoms with Crippen LogP contribution in [0.5, 0.6) is 0 Å². The van der Waals surface area contributed by atoms with Crippen molar-refractivity contribution in [2.45, 2.75) is 32.6 Å². The van der Waals surface area contributed by atoms with Crippen LogP contribution in [-0.2, 0) is 0 Å². The molecule has 68 valence electrons. The van der Waals surface area contributed by atoms with Crippen molar-refractivity contribution in [3.05, 3.63) is 17.7 Å². The van der Waals surface area contributed by atoms with E-state index in [1.54, 1.807) is 0 Å². The number of H-pyrrole nitrogens is 1. The number of hydrogen-bond donors (Lipinski definition) is 2. The van der Waals surface area contributed by atoms with Crippen LogP contribution in [0.1, 0.15) is 44.1 Å². The Morgan fingerprint density at radius 1 is 1.50 bits per heavy atom. The monoisotopic (exact) mass is 167 g/mol. The summed E-state index contributed by atoms with van der Waals surface area (Å²) in [6.07, 6.45) is 1.90. The molecule has 0 saturated heterocycles. The van der Waals surface area contributed by atoms with E-state index >= 15 is 0 Å². The second-order valence-electron chi connectivity index (χ2n) is 3.52. The van der Waals surface area contributed by atoms with Gasteiger partial charge in [0.15, 0.2) is 0 Å². The minimum atomic E-state index is 0.331. The van der Waals surface area contributed by atoms with E-state index in [0.717, 1.165) is 5.82 Å². The lowest BCUT2D eigenvalue weighted by atomic mass is 10.1. The fourth-order valence-corrected chi connectivity index (χ4v) is 1.01. The van der Waals surface area contributed by atoms with E-state index in [9.17, 15) is 0 Å². The lowest BCUT2D eigenvalue weighted by Gasteiger charge is -2.04. The van der Waals surface area contributed by atoms with Crippen LogP contribution >= 0.6 is 0 Å². The number of imidazole rings is 1. The van der Waals surface area contributed by atoms with Crippen LogP contribution in [0, 0.1) is 0 Å². The lowest BCUT2D eigenvalue weighted by Crippen LogP contribution is -2.10. The predicted molar refractivity (Wildman–Crippen MR) is 50.1 cm³/mol. The van der Waals surface area contributed by atoms with Crippen molar-refractivity contribution in [3.63, 3.8) is 0 Å². The van der Waals surface area contributed by atoms with E-state index in [2.05, 4.69) is 30.7 Å². The molecule has 1 atom stereocenters. The first-order valence-corrected chi connectivity index (χ1v) is 4.40. The molecule has 1 heterocycles. The van der Waals surface area contributed by atoms with E-state index in [0.29, 0.717) is 18.4 Å². The van der Waals surface area contributed by atoms with E-state index in [-0.39, 0.29) is 0 Å². The molecule has 0 aliphatic rings. The SMILES string of the molecule is CC(C)c1cnc(C(C)CN)[nH]1. The number of aromatic nitrogens is 2. The van der Waals surface area contributed by atoms with Crippen molar-refractivity contribution in [3.8, 4) is 0 Å². The summed E-state index contributed by atoms with van der Waals surface area (Å²) in [5.74, 6) is 1.84. The highest BCUT2D eigenvalue weighted by atomic mass is 14.9. The van der Waals surface area contributed by atoms with Gasteiger partial charge in [0.25, 0.3) is 0 Å². The molecule has 1 unspecified atom stereocenters. The van der Waals surface area contributed by atoms with Crippen LogP contribution in [0.25, 0.3) is 0 Å². The average Bonchev–Trinajstić information content (AvgIpc) is 2.51. The Hall–Kier alpha value is -0.830. The molecule has 0 aromatic carbocycles. The van der Waals surface area contributed by atoms with Crippen LogP contribution in [-0.4, -0.2) is 16.5 Å². The molecule has 12 heavy (non-hydrogen) atoms. The fraction of sp³-hybridized carbons (Fsp3) is 0.667. The molecule has 0 saturated carbocycles. The number of hydrogen-bond acceptors (Lipinski definition) is 2. The van der Waals surface area contributed by atoms with Gasteiger partial charge in [0.05, 0.1) is 0 Å². The van der Waals surface area contributed by atoms with Gasteiger partial charge in [-0.1, -0.05) is 20.8 Å². The first-order valence-electron chi connectivity index (χ1n) is 4.40. The zero-order valence-electron chi connectivity index (χ0n) is 7.96. The predicted octanol–water partition coefficient (Wildman–Crippen LogP) is 1.60. The molecular formula is C9H17N3. The second-order valence-corrected chi connectivity index (χ2v) is 3.52. The maximum Gasteiger partial charge on any atom is 0.110 e. The van der Waals surface area contributed by atoms with Gasteiger partial charge in [-0.05, 0) is 5.92 Å². The second kappa shape index (κ2) is 3.72. The zero-order valence-corrected chi connectivity index (χ0v) is 7.96. The van der Waals surface area contributed by atoms with E-state index in [1.165, 1.54) is 5.69 Å². The molecule has 1 rings (SSSR count). The molecule has 0 fully saturated rings. The number of nitrogens with zero attached hydrogens (tertiary/aromatic N) is 1. The van der Waals surface area contributed by atoms with E-state index < -0.39 is 0 Å². The molecule has 3 heteroatoms. The minimum absolute atomic E-state index is 0.331. The third-order valence-electron chi connectivity index (χ3n) is 2.06. The van der Waals surface area contributed by atoms with Gasteiger partial charge in [-0.2, -0.15) is 0 Å². The van der Waals surface area contributed by atoms with E-state index in [4.69, 9.17) is 5.73 Å². The highest BCUT2D eigenvalue weighted by Gasteiger charge is 2.08. The standard InChI is InChI=1S/C9H17N3/c1-6(2)8-5-11-9(12-8)7(3)4-10/h5-7H,4,10H2,1-3H3,(H,11,12). The van der Waals surface area contributed by atoms with Crippen LogP contribution in [0.3, 0.4) is 0 Å². The fourth-order valence-electron chi connectivity index (χ4n) is 1.01. The van der Waals surface area contributed by atoms with Gasteiger partial charge in [0.1, 0.15) is 5.82 Å². The van der Waals surface area contributed by atoms with Gasteiger partial charge in [0, 0.05) is 24.4 Å². The Kier molecular flexibility index (Phi) is 2.87. The first-order chi connectivity index (χ1) is 5.65. The topological polar surface area (TPSA) is 54.7 Å². The smallest absolute Gasteiger partial charge is 0.110 e. The summed E-state index contributed by atoms with van der Waals surface area (Å²) < 4.78 is 0. The highest BCUT2D eigenvalue weighted by molar-refractivity contribution is 5.08. The Bertz CT molecular complexity index is 240. The van der Waals surface area contributed by atoms with Crippen molar-refractivity contribution < 1.29 is 0 Å². The van der Waals surface area contributed by atoms with Gasteiger partial charge < -0.3 is 10.7 Å². The van der Waals surface area contributed by atoms with Crippen molar-refractivity contribution >= 4 is 0 Å². The Balaban J connectivity index is 2.77. The molecule has 0 radical (unpaired) electrons. The molecule has 1 aromatic rings. The maximum absolute atomic E-state index is 5.53. The summed E-state index contributed by atoms with van der Waals surface area (Å²) in [5, 5.41) is 0. The molecule has 0 bridgehead atoms. The van der Waals surface area contributed by atoms with Crippen molar-refractivity contribution in [2.24, 2.45) is 5.73 Å². The van der Waals surface area contributed by atoms with Gasteiger partial charge >= 0.3 is 0 Å². The van der Waals surface area contributed by atoms with Crippen molar-refractivity contribution in [1.82, 2.24) is 9.97 Å². The molecule has 0 spiro atoms. The third-order valence-corrected chi connectivity index (χ3v) is 2.06. The summed E-state index contributed by atoms with van der Waals surface area (Å²) in [6, 6.07) is 0. The largest absolute Gasteiger partial charge is 0.345 e. The quantitative estimate of drug-likeness (QED) is 0.718. The van der Waals surface area contributed by atoms with Crippen LogP contribution in [0.4, 0.5) is 0 Å². The first kappa shape index (κ1) is 9.26. The number of rotatable bonds is 3.